The lowest BCUT2D eigenvalue weighted by atomic mass is 10.00. The van der Waals surface area contributed by atoms with Crippen molar-refractivity contribution in [3.63, 3.8) is 0 Å². The van der Waals surface area contributed by atoms with E-state index in [0.29, 0.717) is 0 Å². The number of para-hydroxylation sites is 1. The summed E-state index contributed by atoms with van der Waals surface area (Å²) in [5.41, 5.74) is 5.36. The Morgan fingerprint density at radius 3 is 2.79 bits per heavy atom. The molecule has 5 rings (SSSR count). The number of nitrogens with zero attached hydrogens (tertiary/aromatic N) is 3. The molecule has 2 N–H and O–H groups in total. The summed E-state index contributed by atoms with van der Waals surface area (Å²) in [6.07, 6.45) is 4.11. The van der Waals surface area contributed by atoms with Crippen LogP contribution in [0.2, 0.25) is 0 Å². The molecule has 0 radical (unpaired) electrons. The second-order valence-electron chi connectivity index (χ2n) is 7.64. The molecule has 0 spiro atoms. The van der Waals surface area contributed by atoms with Crippen molar-refractivity contribution in [3.8, 4) is 0 Å². The maximum atomic E-state index is 4.70. The molecular weight excluding hydrogens is 358 g/mol. The highest BCUT2D eigenvalue weighted by molar-refractivity contribution is 5.83. The van der Waals surface area contributed by atoms with Gasteiger partial charge in [-0.2, -0.15) is 0 Å². The number of hydrogen-bond donors (Lipinski definition) is 2. The maximum Gasteiger partial charge on any atom is 0.134 e. The van der Waals surface area contributed by atoms with Gasteiger partial charge in [-0.15, -0.1) is 0 Å². The maximum absolute atomic E-state index is 4.70. The molecule has 0 unspecified atom stereocenters. The zero-order chi connectivity index (χ0) is 19.6. The van der Waals surface area contributed by atoms with E-state index in [2.05, 4.69) is 81.0 Å². The van der Waals surface area contributed by atoms with Gasteiger partial charge in [-0.1, -0.05) is 42.5 Å². The van der Waals surface area contributed by atoms with Gasteiger partial charge in [-0.05, 0) is 42.5 Å². The number of H-pyrrole nitrogens is 1. The molecule has 146 valence electrons. The molecule has 0 aliphatic carbocycles. The first-order chi connectivity index (χ1) is 14.3. The van der Waals surface area contributed by atoms with E-state index < -0.39 is 0 Å². The number of fused-ring (bicyclic) bond motifs is 2. The molecule has 0 atom stereocenters. The van der Waals surface area contributed by atoms with Crippen LogP contribution in [0.4, 0.5) is 11.6 Å². The number of aromatic amines is 1. The summed E-state index contributed by atoms with van der Waals surface area (Å²) < 4.78 is 0. The van der Waals surface area contributed by atoms with Gasteiger partial charge in [0.15, 0.2) is 0 Å². The van der Waals surface area contributed by atoms with Gasteiger partial charge < -0.3 is 15.2 Å². The highest BCUT2D eigenvalue weighted by atomic mass is 15.2. The summed E-state index contributed by atoms with van der Waals surface area (Å²) in [6, 6.07) is 19.2. The zero-order valence-electron chi connectivity index (χ0n) is 16.7. The van der Waals surface area contributed by atoms with Gasteiger partial charge in [0.1, 0.15) is 17.5 Å². The number of aryl methyl sites for hydroxylation is 1. The van der Waals surface area contributed by atoms with Crippen LogP contribution in [0.1, 0.15) is 22.5 Å². The highest BCUT2D eigenvalue weighted by Crippen LogP contribution is 2.25. The minimum absolute atomic E-state index is 0.802. The first-order valence-electron chi connectivity index (χ1n) is 10.2. The van der Waals surface area contributed by atoms with Gasteiger partial charge in [-0.25, -0.2) is 9.97 Å². The lowest BCUT2D eigenvalue weighted by Crippen LogP contribution is -2.31. The second kappa shape index (κ2) is 7.59. The minimum atomic E-state index is 0.802. The largest absolute Gasteiger partial charge is 0.370 e. The van der Waals surface area contributed by atoms with Crippen molar-refractivity contribution in [1.82, 2.24) is 15.0 Å². The summed E-state index contributed by atoms with van der Waals surface area (Å²) in [5.74, 6) is 2.70. The molecule has 0 saturated carbocycles. The Labute approximate surface area is 170 Å². The number of aromatic nitrogens is 3. The molecule has 5 nitrogen and oxygen atoms in total. The average molecular weight is 383 g/mol. The second-order valence-corrected chi connectivity index (χ2v) is 7.64. The summed E-state index contributed by atoms with van der Waals surface area (Å²) in [7, 11) is 0. The summed E-state index contributed by atoms with van der Waals surface area (Å²) >= 11 is 0. The SMILES string of the molecule is Cc1nc(NCCc2c[nH]c3ccccc23)cc(N2CCc3ccccc3C2)n1. The van der Waals surface area contributed by atoms with E-state index >= 15 is 0 Å². The zero-order valence-corrected chi connectivity index (χ0v) is 16.7. The van der Waals surface area contributed by atoms with Gasteiger partial charge >= 0.3 is 0 Å². The van der Waals surface area contributed by atoms with Crippen molar-refractivity contribution >= 4 is 22.5 Å². The topological polar surface area (TPSA) is 56.8 Å². The van der Waals surface area contributed by atoms with E-state index in [9.17, 15) is 0 Å². The normalized spacial score (nSPS) is 13.5. The molecule has 5 heteroatoms. The van der Waals surface area contributed by atoms with Crippen LogP contribution in [0.15, 0.2) is 60.8 Å². The minimum Gasteiger partial charge on any atom is -0.370 e. The summed E-state index contributed by atoms with van der Waals surface area (Å²) in [5, 5.41) is 4.79. The molecule has 0 amide bonds. The van der Waals surface area contributed by atoms with E-state index in [0.717, 1.165) is 49.9 Å². The fraction of sp³-hybridized carbons (Fsp3) is 0.250. The van der Waals surface area contributed by atoms with Gasteiger partial charge in [-0.3, -0.25) is 0 Å². The summed E-state index contributed by atoms with van der Waals surface area (Å²) in [6.45, 7) is 4.69. The Hall–Kier alpha value is -3.34. The number of nitrogens with one attached hydrogen (secondary N) is 2. The van der Waals surface area contributed by atoms with Crippen LogP contribution < -0.4 is 10.2 Å². The Bertz CT molecular complexity index is 1150. The van der Waals surface area contributed by atoms with Crippen LogP contribution in [-0.2, 0) is 19.4 Å². The molecule has 2 aromatic heterocycles. The monoisotopic (exact) mass is 383 g/mol. The molecule has 3 heterocycles. The van der Waals surface area contributed by atoms with Gasteiger partial charge in [0.25, 0.3) is 0 Å². The Balaban J connectivity index is 1.29. The Morgan fingerprint density at radius 1 is 1.03 bits per heavy atom. The van der Waals surface area contributed by atoms with Gasteiger partial charge in [0, 0.05) is 42.8 Å². The lowest BCUT2D eigenvalue weighted by Gasteiger charge is -2.30. The van der Waals surface area contributed by atoms with Crippen LogP contribution in [0.3, 0.4) is 0 Å². The van der Waals surface area contributed by atoms with Crippen molar-refractivity contribution in [2.45, 2.75) is 26.3 Å². The third kappa shape index (κ3) is 3.68. The van der Waals surface area contributed by atoms with Crippen LogP contribution in [0.5, 0.6) is 0 Å². The standard InChI is InChI=1S/C24H25N5/c1-17-27-23(25-12-10-19-15-26-22-9-5-4-8-21(19)22)14-24(28-17)29-13-11-18-6-2-3-7-20(18)16-29/h2-9,14-15,26H,10-13,16H2,1H3,(H,25,27,28). The van der Waals surface area contributed by atoms with Gasteiger partial charge in [0.2, 0.25) is 0 Å². The van der Waals surface area contributed by atoms with Crippen molar-refractivity contribution in [1.29, 1.82) is 0 Å². The van der Waals surface area contributed by atoms with Crippen molar-refractivity contribution in [2.24, 2.45) is 0 Å². The summed E-state index contributed by atoms with van der Waals surface area (Å²) in [4.78, 5) is 15.0. The molecule has 0 fully saturated rings. The number of rotatable bonds is 5. The highest BCUT2D eigenvalue weighted by Gasteiger charge is 2.18. The fourth-order valence-electron chi connectivity index (χ4n) is 4.16. The predicted molar refractivity (Wildman–Crippen MR) is 118 cm³/mol. The smallest absolute Gasteiger partial charge is 0.134 e. The van der Waals surface area contributed by atoms with E-state index in [1.54, 1.807) is 0 Å². The third-order valence-corrected chi connectivity index (χ3v) is 5.65. The first-order valence-corrected chi connectivity index (χ1v) is 10.2. The molecule has 1 aliphatic rings. The van der Waals surface area contributed by atoms with Crippen molar-refractivity contribution in [2.75, 3.05) is 23.3 Å². The molecule has 2 aromatic carbocycles. The van der Waals surface area contributed by atoms with Gasteiger partial charge in [0.05, 0.1) is 0 Å². The third-order valence-electron chi connectivity index (χ3n) is 5.65. The molecule has 0 bridgehead atoms. The predicted octanol–water partition coefficient (Wildman–Crippen LogP) is 4.48. The molecule has 4 aromatic rings. The number of hydrogen-bond acceptors (Lipinski definition) is 4. The van der Waals surface area contributed by atoms with Crippen molar-refractivity contribution < 1.29 is 0 Å². The number of benzene rings is 2. The number of anilines is 2. The lowest BCUT2D eigenvalue weighted by molar-refractivity contribution is 0.717. The van der Waals surface area contributed by atoms with Crippen LogP contribution >= 0.6 is 0 Å². The molecule has 1 aliphatic heterocycles. The average Bonchev–Trinajstić information content (AvgIpc) is 3.16. The Morgan fingerprint density at radius 2 is 1.86 bits per heavy atom. The van der Waals surface area contributed by atoms with Crippen LogP contribution in [0, 0.1) is 6.92 Å². The van der Waals surface area contributed by atoms with E-state index in [1.807, 2.05) is 6.92 Å². The van der Waals surface area contributed by atoms with Crippen LogP contribution in [-0.4, -0.2) is 28.0 Å². The quantitative estimate of drug-likeness (QED) is 0.533. The Kier molecular flexibility index (Phi) is 4.64. The van der Waals surface area contributed by atoms with Crippen molar-refractivity contribution in [3.05, 3.63) is 83.3 Å². The fourth-order valence-corrected chi connectivity index (χ4v) is 4.16. The molecule has 0 saturated heterocycles. The first kappa shape index (κ1) is 17.7. The van der Waals surface area contributed by atoms with E-state index in [4.69, 9.17) is 4.98 Å². The molecule has 29 heavy (non-hydrogen) atoms. The van der Waals surface area contributed by atoms with Crippen LogP contribution in [0.25, 0.3) is 10.9 Å². The van der Waals surface area contributed by atoms with E-state index in [-0.39, 0.29) is 0 Å². The van der Waals surface area contributed by atoms with E-state index in [1.165, 1.54) is 27.6 Å². The molecular formula is C24H25N5.